The zero-order valence-electron chi connectivity index (χ0n) is 7.37. The lowest BCUT2D eigenvalue weighted by atomic mass is 10.0. The Morgan fingerprint density at radius 2 is 2.00 bits per heavy atom. The first kappa shape index (κ1) is 7.62. The molecule has 0 aromatic heterocycles. The Bertz CT molecular complexity index is 309. The number of nitrogens with two attached hydrogens (primary N) is 1. The fourth-order valence-electron chi connectivity index (χ4n) is 1.87. The highest BCUT2D eigenvalue weighted by molar-refractivity contribution is 5.54. The molecule has 0 fully saturated rings. The van der Waals surface area contributed by atoms with Crippen LogP contribution in [0.2, 0.25) is 0 Å². The second-order valence-electron chi connectivity index (χ2n) is 3.27. The number of fused-ring (bicyclic) bond motifs is 1. The molecule has 64 valence electrons. The molecule has 2 N–H and O–H groups in total. The molecule has 0 spiro atoms. The lowest BCUT2D eigenvalue weighted by Crippen LogP contribution is -1.95. The number of hydrogen-bond acceptors (Lipinski definition) is 2. The van der Waals surface area contributed by atoms with Gasteiger partial charge in [0, 0.05) is 11.3 Å². The Balaban J connectivity index is 2.59. The van der Waals surface area contributed by atoms with E-state index in [-0.39, 0.29) is 12.2 Å². The van der Waals surface area contributed by atoms with Crippen LogP contribution < -0.4 is 5.73 Å². The Morgan fingerprint density at radius 3 is 2.67 bits per heavy atom. The van der Waals surface area contributed by atoms with Crippen molar-refractivity contribution in [1.29, 1.82) is 0 Å². The van der Waals surface area contributed by atoms with Gasteiger partial charge in [0.25, 0.3) is 0 Å². The molecule has 1 aliphatic heterocycles. The number of rotatable bonds is 0. The van der Waals surface area contributed by atoms with E-state index in [1.807, 2.05) is 19.1 Å². The first-order valence-electron chi connectivity index (χ1n) is 4.24. The van der Waals surface area contributed by atoms with E-state index < -0.39 is 0 Å². The van der Waals surface area contributed by atoms with Crippen molar-refractivity contribution in [2.24, 2.45) is 0 Å². The third kappa shape index (κ3) is 0.916. The largest absolute Gasteiger partial charge is 0.398 e. The second kappa shape index (κ2) is 2.49. The summed E-state index contributed by atoms with van der Waals surface area (Å²) in [5, 5.41) is 0. The first-order valence-corrected chi connectivity index (χ1v) is 4.24. The lowest BCUT2D eigenvalue weighted by Gasteiger charge is -2.05. The maximum absolute atomic E-state index is 5.84. The third-order valence-electron chi connectivity index (χ3n) is 2.43. The maximum Gasteiger partial charge on any atom is 0.0828 e. The third-order valence-corrected chi connectivity index (χ3v) is 2.43. The maximum atomic E-state index is 5.84. The molecule has 0 radical (unpaired) electrons. The van der Waals surface area contributed by atoms with Crippen molar-refractivity contribution in [3.05, 3.63) is 29.3 Å². The molecule has 0 saturated heterocycles. The molecule has 0 aliphatic carbocycles. The number of hydrogen-bond donors (Lipinski definition) is 1. The zero-order valence-corrected chi connectivity index (χ0v) is 7.37. The predicted molar refractivity (Wildman–Crippen MR) is 48.8 cm³/mol. The van der Waals surface area contributed by atoms with Crippen LogP contribution in [-0.4, -0.2) is 0 Å². The van der Waals surface area contributed by atoms with Gasteiger partial charge >= 0.3 is 0 Å². The molecule has 2 rings (SSSR count). The van der Waals surface area contributed by atoms with Crippen molar-refractivity contribution in [2.75, 3.05) is 5.73 Å². The predicted octanol–water partition coefficient (Wildman–Crippen LogP) is 2.42. The molecule has 0 amide bonds. The van der Waals surface area contributed by atoms with Crippen molar-refractivity contribution in [2.45, 2.75) is 26.1 Å². The normalized spacial score (nSPS) is 27.2. The summed E-state index contributed by atoms with van der Waals surface area (Å²) in [6, 6.07) is 5.99. The van der Waals surface area contributed by atoms with E-state index in [0.717, 1.165) is 5.69 Å². The average Bonchev–Trinajstić information content (AvgIpc) is 2.29. The van der Waals surface area contributed by atoms with Crippen molar-refractivity contribution >= 4 is 5.69 Å². The highest BCUT2D eigenvalue weighted by Crippen LogP contribution is 2.41. The van der Waals surface area contributed by atoms with Gasteiger partial charge in [-0.05, 0) is 25.5 Å². The monoisotopic (exact) mass is 163 g/mol. The summed E-state index contributed by atoms with van der Waals surface area (Å²) in [6.45, 7) is 4.10. The Kier molecular flexibility index (Phi) is 1.58. The van der Waals surface area contributed by atoms with Gasteiger partial charge in [0.05, 0.1) is 12.2 Å². The van der Waals surface area contributed by atoms with Crippen LogP contribution in [0.3, 0.4) is 0 Å². The minimum absolute atomic E-state index is 0.149. The van der Waals surface area contributed by atoms with Crippen molar-refractivity contribution in [3.8, 4) is 0 Å². The second-order valence-corrected chi connectivity index (χ2v) is 3.27. The van der Waals surface area contributed by atoms with Crippen LogP contribution in [0, 0.1) is 0 Å². The highest BCUT2D eigenvalue weighted by atomic mass is 16.5. The van der Waals surface area contributed by atoms with Crippen LogP contribution in [0.15, 0.2) is 18.2 Å². The molecule has 1 aromatic carbocycles. The lowest BCUT2D eigenvalue weighted by molar-refractivity contribution is 0.0334. The molecule has 2 nitrogen and oxygen atoms in total. The molecule has 2 unspecified atom stereocenters. The van der Waals surface area contributed by atoms with Gasteiger partial charge in [-0.25, -0.2) is 0 Å². The van der Waals surface area contributed by atoms with Crippen molar-refractivity contribution in [3.63, 3.8) is 0 Å². The van der Waals surface area contributed by atoms with E-state index >= 15 is 0 Å². The fraction of sp³-hybridized carbons (Fsp3) is 0.400. The molecular weight excluding hydrogens is 150 g/mol. The van der Waals surface area contributed by atoms with E-state index in [1.54, 1.807) is 0 Å². The molecule has 0 saturated carbocycles. The summed E-state index contributed by atoms with van der Waals surface area (Å²) in [5.74, 6) is 0. The summed E-state index contributed by atoms with van der Waals surface area (Å²) in [7, 11) is 0. The summed E-state index contributed by atoms with van der Waals surface area (Å²) in [4.78, 5) is 0. The van der Waals surface area contributed by atoms with Crippen molar-refractivity contribution in [1.82, 2.24) is 0 Å². The van der Waals surface area contributed by atoms with Gasteiger partial charge in [-0.15, -0.1) is 0 Å². The Morgan fingerprint density at radius 1 is 1.25 bits per heavy atom. The van der Waals surface area contributed by atoms with Crippen LogP contribution in [0.4, 0.5) is 5.69 Å². The summed E-state index contributed by atoms with van der Waals surface area (Å²) >= 11 is 0. The van der Waals surface area contributed by atoms with Gasteiger partial charge < -0.3 is 10.5 Å². The van der Waals surface area contributed by atoms with Crippen LogP contribution >= 0.6 is 0 Å². The minimum atomic E-state index is 0.149. The van der Waals surface area contributed by atoms with Crippen LogP contribution in [-0.2, 0) is 4.74 Å². The molecule has 2 heteroatoms. The van der Waals surface area contributed by atoms with Gasteiger partial charge in [-0.1, -0.05) is 12.1 Å². The molecule has 1 heterocycles. The molecule has 2 atom stereocenters. The number of ether oxygens (including phenoxy) is 1. The Labute approximate surface area is 72.3 Å². The average molecular weight is 163 g/mol. The zero-order chi connectivity index (χ0) is 8.72. The Hall–Kier alpha value is -1.02. The standard InChI is InChI=1S/C10H13NO/c1-6-8-4-3-5-9(11)10(8)7(2)12-6/h3-7H,11H2,1-2H3. The topological polar surface area (TPSA) is 35.2 Å². The van der Waals surface area contributed by atoms with Crippen LogP contribution in [0.25, 0.3) is 0 Å². The van der Waals surface area contributed by atoms with E-state index in [4.69, 9.17) is 10.5 Å². The van der Waals surface area contributed by atoms with E-state index in [2.05, 4.69) is 13.0 Å². The smallest absolute Gasteiger partial charge is 0.0828 e. The fourth-order valence-corrected chi connectivity index (χ4v) is 1.87. The summed E-state index contributed by atoms with van der Waals surface area (Å²) in [6.07, 6.45) is 0.342. The summed E-state index contributed by atoms with van der Waals surface area (Å²) < 4.78 is 5.63. The van der Waals surface area contributed by atoms with Gasteiger partial charge in [-0.2, -0.15) is 0 Å². The van der Waals surface area contributed by atoms with Crippen LogP contribution in [0.1, 0.15) is 37.2 Å². The van der Waals surface area contributed by atoms with E-state index in [1.165, 1.54) is 11.1 Å². The quantitative estimate of drug-likeness (QED) is 0.596. The van der Waals surface area contributed by atoms with Crippen LogP contribution in [0.5, 0.6) is 0 Å². The molecule has 1 aromatic rings. The van der Waals surface area contributed by atoms with E-state index in [9.17, 15) is 0 Å². The number of anilines is 1. The SMILES string of the molecule is CC1OC(C)c2c(N)cccc21. The summed E-state index contributed by atoms with van der Waals surface area (Å²) in [5.41, 5.74) is 9.11. The van der Waals surface area contributed by atoms with Gasteiger partial charge in [0.15, 0.2) is 0 Å². The minimum Gasteiger partial charge on any atom is -0.398 e. The number of nitrogen functional groups attached to an aromatic ring is 1. The van der Waals surface area contributed by atoms with Crippen molar-refractivity contribution < 1.29 is 4.74 Å². The first-order chi connectivity index (χ1) is 5.70. The molecular formula is C10H13NO. The van der Waals surface area contributed by atoms with Gasteiger partial charge in [0.1, 0.15) is 0 Å². The number of benzene rings is 1. The molecule has 12 heavy (non-hydrogen) atoms. The van der Waals surface area contributed by atoms with Gasteiger partial charge in [0.2, 0.25) is 0 Å². The van der Waals surface area contributed by atoms with E-state index in [0.29, 0.717) is 0 Å². The molecule has 1 aliphatic rings. The highest BCUT2D eigenvalue weighted by Gasteiger charge is 2.26. The van der Waals surface area contributed by atoms with Gasteiger partial charge in [-0.3, -0.25) is 0 Å². The molecule has 0 bridgehead atoms.